The van der Waals surface area contributed by atoms with Gasteiger partial charge in [0.15, 0.2) is 0 Å². The molecule has 1 aromatic carbocycles. The average Bonchev–Trinajstić information content (AvgIpc) is 2.65. The summed E-state index contributed by atoms with van der Waals surface area (Å²) in [6, 6.07) is 12.3. The second kappa shape index (κ2) is 7.96. The minimum absolute atomic E-state index is 0.283. The Kier molecular flexibility index (Phi) is 5.48. The van der Waals surface area contributed by atoms with Gasteiger partial charge in [0.25, 0.3) is 5.91 Å². The molecule has 2 aromatic heterocycles. The van der Waals surface area contributed by atoms with Crippen molar-refractivity contribution in [3.63, 3.8) is 0 Å². The second-order valence-corrected chi connectivity index (χ2v) is 5.98. The standard InChI is InChI=1S/C18H14Cl2N4O/c19-14-2-1-3-15(17(14)20)24-18(25)16-5-4-13(11-23-16)22-10-12-6-8-21-9-7-12/h1-9,11,22H,10H2,(H,24,25). The van der Waals surface area contributed by atoms with Gasteiger partial charge in [0, 0.05) is 18.9 Å². The van der Waals surface area contributed by atoms with Crippen LogP contribution in [-0.2, 0) is 6.54 Å². The molecule has 0 bridgehead atoms. The van der Waals surface area contributed by atoms with E-state index in [2.05, 4.69) is 20.6 Å². The number of hydrogen-bond acceptors (Lipinski definition) is 4. The normalized spacial score (nSPS) is 10.3. The van der Waals surface area contributed by atoms with Crippen LogP contribution in [0.1, 0.15) is 16.1 Å². The maximum Gasteiger partial charge on any atom is 0.274 e. The zero-order valence-electron chi connectivity index (χ0n) is 13.0. The van der Waals surface area contributed by atoms with Gasteiger partial charge in [-0.05, 0) is 42.0 Å². The number of rotatable bonds is 5. The number of aromatic nitrogens is 2. The molecule has 5 nitrogen and oxygen atoms in total. The summed E-state index contributed by atoms with van der Waals surface area (Å²) in [4.78, 5) is 20.4. The Morgan fingerprint density at radius 1 is 1.04 bits per heavy atom. The fraction of sp³-hybridized carbons (Fsp3) is 0.0556. The van der Waals surface area contributed by atoms with Gasteiger partial charge in [0.05, 0.1) is 27.6 Å². The lowest BCUT2D eigenvalue weighted by Gasteiger charge is -2.09. The van der Waals surface area contributed by atoms with E-state index in [1.54, 1.807) is 48.9 Å². The quantitative estimate of drug-likeness (QED) is 0.683. The summed E-state index contributed by atoms with van der Waals surface area (Å²) in [5.74, 6) is -0.357. The number of nitrogens with one attached hydrogen (secondary N) is 2. The van der Waals surface area contributed by atoms with E-state index in [0.717, 1.165) is 11.3 Å². The second-order valence-electron chi connectivity index (χ2n) is 5.20. The molecule has 0 atom stereocenters. The Morgan fingerprint density at radius 2 is 1.84 bits per heavy atom. The molecule has 25 heavy (non-hydrogen) atoms. The predicted octanol–water partition coefficient (Wildman–Crippen LogP) is 4.65. The van der Waals surface area contributed by atoms with Crippen molar-refractivity contribution in [3.8, 4) is 0 Å². The van der Waals surface area contributed by atoms with Crippen molar-refractivity contribution in [1.29, 1.82) is 0 Å². The number of carbonyl (C=O) groups is 1. The number of pyridine rings is 2. The monoisotopic (exact) mass is 372 g/mol. The summed E-state index contributed by atoms with van der Waals surface area (Å²) in [5.41, 5.74) is 2.65. The first kappa shape index (κ1) is 17.2. The van der Waals surface area contributed by atoms with E-state index in [4.69, 9.17) is 23.2 Å². The Balaban J connectivity index is 1.63. The number of amides is 1. The number of halogens is 2. The number of benzene rings is 1. The average molecular weight is 373 g/mol. The molecule has 0 aliphatic carbocycles. The molecule has 0 saturated carbocycles. The van der Waals surface area contributed by atoms with E-state index in [1.165, 1.54) is 0 Å². The van der Waals surface area contributed by atoms with E-state index in [0.29, 0.717) is 22.3 Å². The van der Waals surface area contributed by atoms with Crippen molar-refractivity contribution in [3.05, 3.63) is 82.4 Å². The van der Waals surface area contributed by atoms with Crippen molar-refractivity contribution >= 4 is 40.5 Å². The number of hydrogen-bond donors (Lipinski definition) is 2. The molecule has 3 aromatic rings. The van der Waals surface area contributed by atoms with E-state index >= 15 is 0 Å². The molecule has 0 fully saturated rings. The summed E-state index contributed by atoms with van der Waals surface area (Å²) in [6.45, 7) is 0.647. The van der Waals surface area contributed by atoms with Crippen LogP contribution in [0.15, 0.2) is 61.1 Å². The molecule has 0 aliphatic rings. The summed E-state index contributed by atoms with van der Waals surface area (Å²) < 4.78 is 0. The lowest BCUT2D eigenvalue weighted by atomic mass is 10.2. The van der Waals surface area contributed by atoms with Gasteiger partial charge in [-0.15, -0.1) is 0 Å². The van der Waals surface area contributed by atoms with Crippen molar-refractivity contribution in [2.24, 2.45) is 0 Å². The van der Waals surface area contributed by atoms with Gasteiger partial charge >= 0.3 is 0 Å². The lowest BCUT2D eigenvalue weighted by molar-refractivity contribution is 0.102. The van der Waals surface area contributed by atoms with Crippen molar-refractivity contribution in [2.75, 3.05) is 10.6 Å². The fourth-order valence-electron chi connectivity index (χ4n) is 2.12. The van der Waals surface area contributed by atoms with Crippen LogP contribution in [0.5, 0.6) is 0 Å². The smallest absolute Gasteiger partial charge is 0.274 e. The Labute approximate surface area is 155 Å². The Hall–Kier alpha value is -2.63. The first-order valence-electron chi connectivity index (χ1n) is 7.47. The van der Waals surface area contributed by atoms with Gasteiger partial charge in [0.2, 0.25) is 0 Å². The van der Waals surface area contributed by atoms with Gasteiger partial charge in [-0.3, -0.25) is 9.78 Å². The molecule has 0 aliphatic heterocycles. The molecular weight excluding hydrogens is 359 g/mol. The van der Waals surface area contributed by atoms with Gasteiger partial charge in [-0.25, -0.2) is 4.98 Å². The maximum atomic E-state index is 12.3. The van der Waals surface area contributed by atoms with E-state index in [-0.39, 0.29) is 11.6 Å². The van der Waals surface area contributed by atoms with E-state index in [1.807, 2.05) is 12.1 Å². The SMILES string of the molecule is O=C(Nc1cccc(Cl)c1Cl)c1ccc(NCc2ccncc2)cn1. The number of nitrogens with zero attached hydrogens (tertiary/aromatic N) is 2. The maximum absolute atomic E-state index is 12.3. The third kappa shape index (κ3) is 4.47. The molecule has 2 heterocycles. The minimum Gasteiger partial charge on any atom is -0.380 e. The highest BCUT2D eigenvalue weighted by molar-refractivity contribution is 6.44. The summed E-state index contributed by atoms with van der Waals surface area (Å²) in [5, 5.41) is 6.61. The first-order valence-corrected chi connectivity index (χ1v) is 8.23. The Morgan fingerprint density at radius 3 is 2.56 bits per heavy atom. The molecule has 0 saturated heterocycles. The summed E-state index contributed by atoms with van der Waals surface area (Å²) in [6.07, 6.45) is 5.09. The van der Waals surface area contributed by atoms with Crippen LogP contribution in [0.2, 0.25) is 10.0 Å². The molecule has 0 radical (unpaired) electrons. The molecule has 0 spiro atoms. The third-order valence-corrected chi connectivity index (χ3v) is 4.26. The van der Waals surface area contributed by atoms with Crippen LogP contribution < -0.4 is 10.6 Å². The molecule has 126 valence electrons. The van der Waals surface area contributed by atoms with Crippen LogP contribution in [-0.4, -0.2) is 15.9 Å². The van der Waals surface area contributed by atoms with Gasteiger partial charge in [-0.2, -0.15) is 0 Å². The Bertz CT molecular complexity index is 870. The minimum atomic E-state index is -0.357. The van der Waals surface area contributed by atoms with Crippen LogP contribution >= 0.6 is 23.2 Å². The molecule has 2 N–H and O–H groups in total. The topological polar surface area (TPSA) is 66.9 Å². The van der Waals surface area contributed by atoms with Crippen molar-refractivity contribution in [1.82, 2.24) is 9.97 Å². The van der Waals surface area contributed by atoms with Gasteiger partial charge in [0.1, 0.15) is 5.69 Å². The van der Waals surface area contributed by atoms with Crippen LogP contribution in [0.4, 0.5) is 11.4 Å². The molecule has 0 unspecified atom stereocenters. The van der Waals surface area contributed by atoms with Gasteiger partial charge < -0.3 is 10.6 Å². The largest absolute Gasteiger partial charge is 0.380 e. The first-order chi connectivity index (χ1) is 12.1. The van der Waals surface area contributed by atoms with E-state index < -0.39 is 0 Å². The highest BCUT2D eigenvalue weighted by Gasteiger charge is 2.11. The summed E-state index contributed by atoms with van der Waals surface area (Å²) in [7, 11) is 0. The van der Waals surface area contributed by atoms with Crippen molar-refractivity contribution in [2.45, 2.75) is 6.54 Å². The van der Waals surface area contributed by atoms with E-state index in [9.17, 15) is 4.79 Å². The molecule has 3 rings (SSSR count). The van der Waals surface area contributed by atoms with Crippen LogP contribution in [0, 0.1) is 0 Å². The molecule has 7 heteroatoms. The highest BCUT2D eigenvalue weighted by Crippen LogP contribution is 2.29. The van der Waals surface area contributed by atoms with Crippen molar-refractivity contribution < 1.29 is 4.79 Å². The zero-order chi connectivity index (χ0) is 17.6. The van der Waals surface area contributed by atoms with Crippen LogP contribution in [0.25, 0.3) is 0 Å². The van der Waals surface area contributed by atoms with Gasteiger partial charge in [-0.1, -0.05) is 29.3 Å². The zero-order valence-corrected chi connectivity index (χ0v) is 14.6. The lowest BCUT2D eigenvalue weighted by Crippen LogP contribution is -2.14. The highest BCUT2D eigenvalue weighted by atomic mass is 35.5. The number of anilines is 2. The summed E-state index contributed by atoms with van der Waals surface area (Å²) >= 11 is 12.0. The predicted molar refractivity (Wildman–Crippen MR) is 100 cm³/mol. The fourth-order valence-corrected chi connectivity index (χ4v) is 2.47. The third-order valence-electron chi connectivity index (χ3n) is 3.44. The molecular formula is C18H14Cl2N4O. The van der Waals surface area contributed by atoms with Crippen LogP contribution in [0.3, 0.4) is 0 Å². The number of carbonyl (C=O) groups excluding carboxylic acids is 1. The molecule has 1 amide bonds.